The molecule has 1 fully saturated rings. The molecule has 0 saturated carbocycles. The van der Waals surface area contributed by atoms with E-state index in [4.69, 9.17) is 5.73 Å². The Labute approximate surface area is 121 Å². The van der Waals surface area contributed by atoms with Crippen LogP contribution in [0.15, 0.2) is 4.79 Å². The van der Waals surface area contributed by atoms with Crippen molar-refractivity contribution in [3.63, 3.8) is 0 Å². The van der Waals surface area contributed by atoms with Crippen LogP contribution in [0.1, 0.15) is 23.2 Å². The van der Waals surface area contributed by atoms with E-state index in [1.165, 1.54) is 0 Å². The third-order valence-electron chi connectivity index (χ3n) is 4.21. The first-order valence-corrected chi connectivity index (χ1v) is 7.74. The first-order valence-electron chi connectivity index (χ1n) is 6.92. The quantitative estimate of drug-likeness (QED) is 0.877. The standard InChI is InChI=1S/C14H20N4OS/c1-7-4-18(5-10(7)15)6-11-16-13(19)12-8(2)9(3)20-14(12)17-11/h7,10H,4-6,15H2,1-3H3,(H,16,17,19). The number of fused-ring (bicyclic) bond motifs is 1. The van der Waals surface area contributed by atoms with Gasteiger partial charge in [0.2, 0.25) is 0 Å². The number of aryl methyl sites for hydroxylation is 2. The molecule has 1 aliphatic heterocycles. The molecule has 2 atom stereocenters. The molecule has 1 saturated heterocycles. The summed E-state index contributed by atoms with van der Waals surface area (Å²) in [5, 5.41) is 0.739. The third kappa shape index (κ3) is 2.28. The van der Waals surface area contributed by atoms with Crippen LogP contribution in [0.4, 0.5) is 0 Å². The zero-order valence-electron chi connectivity index (χ0n) is 12.1. The van der Waals surface area contributed by atoms with Crippen molar-refractivity contribution in [3.05, 3.63) is 26.6 Å². The molecule has 0 aliphatic carbocycles. The second-order valence-electron chi connectivity index (χ2n) is 5.81. The van der Waals surface area contributed by atoms with Gasteiger partial charge in [-0.15, -0.1) is 11.3 Å². The maximum Gasteiger partial charge on any atom is 0.259 e. The van der Waals surface area contributed by atoms with Gasteiger partial charge in [-0.3, -0.25) is 9.69 Å². The van der Waals surface area contributed by atoms with E-state index in [0.717, 1.165) is 39.6 Å². The van der Waals surface area contributed by atoms with E-state index in [-0.39, 0.29) is 11.6 Å². The summed E-state index contributed by atoms with van der Waals surface area (Å²) in [7, 11) is 0. The lowest BCUT2D eigenvalue weighted by molar-refractivity contribution is 0.310. The fourth-order valence-corrected chi connectivity index (χ4v) is 3.86. The average molecular weight is 292 g/mol. The molecular weight excluding hydrogens is 272 g/mol. The van der Waals surface area contributed by atoms with E-state index in [0.29, 0.717) is 12.5 Å². The lowest BCUT2D eigenvalue weighted by Gasteiger charge is -2.14. The van der Waals surface area contributed by atoms with Crippen molar-refractivity contribution in [3.8, 4) is 0 Å². The number of hydrogen-bond acceptors (Lipinski definition) is 5. The topological polar surface area (TPSA) is 75.0 Å². The molecule has 3 N–H and O–H groups in total. The highest BCUT2D eigenvalue weighted by Crippen LogP contribution is 2.26. The zero-order valence-corrected chi connectivity index (χ0v) is 12.9. The summed E-state index contributed by atoms with van der Waals surface area (Å²) in [6.45, 7) is 8.67. The predicted octanol–water partition coefficient (Wildman–Crippen LogP) is 1.38. The van der Waals surface area contributed by atoms with Crippen molar-refractivity contribution < 1.29 is 0 Å². The van der Waals surface area contributed by atoms with Crippen molar-refractivity contribution >= 4 is 21.6 Å². The van der Waals surface area contributed by atoms with Gasteiger partial charge in [0.25, 0.3) is 5.56 Å². The van der Waals surface area contributed by atoms with Crippen LogP contribution in [0.3, 0.4) is 0 Å². The van der Waals surface area contributed by atoms with Crippen LogP contribution in [0.2, 0.25) is 0 Å². The number of aromatic nitrogens is 2. The predicted molar refractivity (Wildman–Crippen MR) is 82.1 cm³/mol. The number of H-pyrrole nitrogens is 1. The monoisotopic (exact) mass is 292 g/mol. The summed E-state index contributed by atoms with van der Waals surface area (Å²) in [6, 6.07) is 0.219. The van der Waals surface area contributed by atoms with Crippen molar-refractivity contribution in [2.45, 2.75) is 33.4 Å². The van der Waals surface area contributed by atoms with Crippen LogP contribution < -0.4 is 11.3 Å². The summed E-state index contributed by atoms with van der Waals surface area (Å²) >= 11 is 1.59. The van der Waals surface area contributed by atoms with Crippen molar-refractivity contribution in [1.82, 2.24) is 14.9 Å². The molecule has 6 heteroatoms. The van der Waals surface area contributed by atoms with Gasteiger partial charge < -0.3 is 10.7 Å². The first-order chi connectivity index (χ1) is 9.45. The van der Waals surface area contributed by atoms with E-state index in [1.54, 1.807) is 11.3 Å². The maximum absolute atomic E-state index is 12.2. The SMILES string of the molecule is Cc1sc2nc(CN3CC(C)C(N)C3)[nH]c(=O)c2c1C. The third-order valence-corrected chi connectivity index (χ3v) is 5.31. The molecule has 1 aliphatic rings. The van der Waals surface area contributed by atoms with Crippen molar-refractivity contribution in [2.75, 3.05) is 13.1 Å². The van der Waals surface area contributed by atoms with Gasteiger partial charge in [-0.05, 0) is 25.3 Å². The van der Waals surface area contributed by atoms with Gasteiger partial charge in [-0.2, -0.15) is 0 Å². The molecule has 0 aromatic carbocycles. The van der Waals surface area contributed by atoms with Crippen molar-refractivity contribution in [1.29, 1.82) is 0 Å². The highest BCUT2D eigenvalue weighted by molar-refractivity contribution is 7.18. The second-order valence-corrected chi connectivity index (χ2v) is 7.01. The fraction of sp³-hybridized carbons (Fsp3) is 0.571. The lowest BCUT2D eigenvalue weighted by atomic mass is 10.1. The smallest absolute Gasteiger partial charge is 0.259 e. The maximum atomic E-state index is 12.2. The van der Waals surface area contributed by atoms with Gasteiger partial charge in [0.05, 0.1) is 11.9 Å². The molecule has 0 spiro atoms. The summed E-state index contributed by atoms with van der Waals surface area (Å²) in [4.78, 5) is 24.0. The molecular formula is C14H20N4OS. The van der Waals surface area contributed by atoms with Crippen LogP contribution in [0, 0.1) is 19.8 Å². The molecule has 0 bridgehead atoms. The minimum Gasteiger partial charge on any atom is -0.326 e. The first kappa shape index (κ1) is 13.7. The number of hydrogen-bond donors (Lipinski definition) is 2. The number of nitrogens with one attached hydrogen (secondary N) is 1. The highest BCUT2D eigenvalue weighted by atomic mass is 32.1. The second kappa shape index (κ2) is 4.95. The van der Waals surface area contributed by atoms with Crippen molar-refractivity contribution in [2.24, 2.45) is 11.7 Å². The average Bonchev–Trinajstić information content (AvgIpc) is 2.81. The Bertz CT molecular complexity index is 695. The summed E-state index contributed by atoms with van der Waals surface area (Å²) in [6.07, 6.45) is 0. The van der Waals surface area contributed by atoms with Crippen LogP contribution in [-0.2, 0) is 6.54 Å². The largest absolute Gasteiger partial charge is 0.326 e. The molecule has 2 aromatic rings. The van der Waals surface area contributed by atoms with E-state index < -0.39 is 0 Å². The van der Waals surface area contributed by atoms with E-state index >= 15 is 0 Å². The van der Waals surface area contributed by atoms with Gasteiger partial charge in [-0.25, -0.2) is 4.98 Å². The van der Waals surface area contributed by atoms with Gasteiger partial charge >= 0.3 is 0 Å². The molecule has 20 heavy (non-hydrogen) atoms. The number of thiophene rings is 1. The van der Waals surface area contributed by atoms with Crippen LogP contribution >= 0.6 is 11.3 Å². The molecule has 3 rings (SSSR count). The van der Waals surface area contributed by atoms with Gasteiger partial charge in [0.1, 0.15) is 10.7 Å². The molecule has 0 radical (unpaired) electrons. The van der Waals surface area contributed by atoms with Gasteiger partial charge in [-0.1, -0.05) is 6.92 Å². The summed E-state index contributed by atoms with van der Waals surface area (Å²) < 4.78 is 0. The molecule has 108 valence electrons. The van der Waals surface area contributed by atoms with Crippen LogP contribution in [-0.4, -0.2) is 34.0 Å². The Hall–Kier alpha value is -1.24. The number of nitrogens with two attached hydrogens (primary N) is 1. The van der Waals surface area contributed by atoms with E-state index in [2.05, 4.69) is 21.8 Å². The van der Waals surface area contributed by atoms with E-state index in [9.17, 15) is 4.79 Å². The summed E-state index contributed by atoms with van der Waals surface area (Å²) in [5.74, 6) is 1.24. The number of aromatic amines is 1. The molecule has 2 aromatic heterocycles. The van der Waals surface area contributed by atoms with Gasteiger partial charge in [0.15, 0.2) is 0 Å². The van der Waals surface area contributed by atoms with E-state index in [1.807, 2.05) is 13.8 Å². The Balaban J connectivity index is 1.92. The minimum atomic E-state index is -0.0246. The molecule has 5 nitrogen and oxygen atoms in total. The Kier molecular flexibility index (Phi) is 3.40. The van der Waals surface area contributed by atoms with Crippen LogP contribution in [0.25, 0.3) is 10.2 Å². The Morgan fingerprint density at radius 3 is 2.85 bits per heavy atom. The Morgan fingerprint density at radius 2 is 2.20 bits per heavy atom. The highest BCUT2D eigenvalue weighted by Gasteiger charge is 2.27. The summed E-state index contributed by atoms with van der Waals surface area (Å²) in [5.41, 5.74) is 7.05. The minimum absolute atomic E-state index is 0.0246. The van der Waals surface area contributed by atoms with Crippen LogP contribution in [0.5, 0.6) is 0 Å². The molecule has 3 heterocycles. The number of rotatable bonds is 2. The fourth-order valence-electron chi connectivity index (χ4n) is 2.81. The number of nitrogens with zero attached hydrogens (tertiary/aromatic N) is 2. The normalized spacial score (nSPS) is 23.8. The Morgan fingerprint density at radius 1 is 1.45 bits per heavy atom. The zero-order chi connectivity index (χ0) is 14.4. The lowest BCUT2D eigenvalue weighted by Crippen LogP contribution is -2.29. The molecule has 0 amide bonds. The number of likely N-dealkylation sites (tertiary alicyclic amines) is 1. The van der Waals surface area contributed by atoms with Gasteiger partial charge in [0, 0.05) is 24.0 Å². The molecule has 2 unspecified atom stereocenters.